The van der Waals surface area contributed by atoms with E-state index in [-0.39, 0.29) is 35.9 Å². The first-order valence-electron chi connectivity index (χ1n) is 14.6. The highest BCUT2D eigenvalue weighted by Gasteiger charge is 2.40. The lowest BCUT2D eigenvalue weighted by Gasteiger charge is -2.32. The number of aromatic carboxylic acids is 1. The molecule has 0 saturated heterocycles. The minimum atomic E-state index is -1.30. The van der Waals surface area contributed by atoms with E-state index in [0.29, 0.717) is 38.7 Å². The third-order valence-electron chi connectivity index (χ3n) is 7.80. The van der Waals surface area contributed by atoms with Crippen LogP contribution in [-0.2, 0) is 14.3 Å². The van der Waals surface area contributed by atoms with Crippen LogP contribution in [0.1, 0.15) is 48.1 Å². The molecule has 0 spiro atoms. The molecule has 47 heavy (non-hydrogen) atoms. The number of aliphatic hydroxyl groups is 1. The number of fused-ring (bicyclic) bond motifs is 2. The van der Waals surface area contributed by atoms with Gasteiger partial charge in [0.1, 0.15) is 12.2 Å². The van der Waals surface area contributed by atoms with E-state index in [9.17, 15) is 24.6 Å². The molecule has 1 aliphatic rings. The first-order chi connectivity index (χ1) is 22.4. The minimum Gasteiger partial charge on any atom is -0.493 e. The van der Waals surface area contributed by atoms with Gasteiger partial charge in [-0.25, -0.2) is 4.79 Å². The van der Waals surface area contributed by atoms with Crippen molar-refractivity contribution in [2.75, 3.05) is 44.7 Å². The quantitative estimate of drug-likeness (QED) is 0.182. The second-order valence-electron chi connectivity index (χ2n) is 11.8. The van der Waals surface area contributed by atoms with Crippen LogP contribution in [0.25, 0.3) is 11.0 Å². The summed E-state index contributed by atoms with van der Waals surface area (Å²) >= 11 is 6.49. The molecule has 0 saturated carbocycles. The summed E-state index contributed by atoms with van der Waals surface area (Å²) in [5, 5.41) is 23.0. The number of hydrogen-bond donors (Lipinski definition) is 3. The van der Waals surface area contributed by atoms with E-state index in [1.54, 1.807) is 42.5 Å². The van der Waals surface area contributed by atoms with Crippen LogP contribution in [0.4, 0.5) is 11.4 Å². The van der Waals surface area contributed by atoms with Crippen molar-refractivity contribution in [3.05, 3.63) is 76.5 Å². The Hall–Kier alpha value is -4.78. The largest absolute Gasteiger partial charge is 0.493 e. The Kier molecular flexibility index (Phi) is 9.66. The molecule has 1 aliphatic heterocycles. The Bertz CT molecular complexity index is 1840. The average Bonchev–Trinajstić information content (AvgIpc) is 3.45. The number of ether oxygens (including phenoxy) is 4. The topological polar surface area (TPSA) is 157 Å². The highest BCUT2D eigenvalue weighted by atomic mass is 35.5. The highest BCUT2D eigenvalue weighted by molar-refractivity contribution is 6.30. The summed E-state index contributed by atoms with van der Waals surface area (Å²) < 4.78 is 28.6. The molecule has 5 rings (SSSR count). The number of methoxy groups -OCH3 is 3. The van der Waals surface area contributed by atoms with E-state index in [1.165, 1.54) is 38.4 Å². The number of para-hydroxylation sites is 1. The number of rotatable bonds is 11. The normalized spacial score (nSPS) is 16.4. The molecule has 1 aromatic heterocycles. The molecule has 2 heterocycles. The zero-order chi connectivity index (χ0) is 34.0. The fourth-order valence-corrected chi connectivity index (χ4v) is 5.72. The summed E-state index contributed by atoms with van der Waals surface area (Å²) in [5.74, 6) is -1.57. The molecule has 2 atom stereocenters. The van der Waals surface area contributed by atoms with E-state index in [4.69, 9.17) is 35.0 Å². The number of furan rings is 1. The molecule has 0 aliphatic carbocycles. The maximum atomic E-state index is 14.3. The Labute approximate surface area is 275 Å². The summed E-state index contributed by atoms with van der Waals surface area (Å²) in [5.41, 5.74) is 1.39. The van der Waals surface area contributed by atoms with Crippen LogP contribution in [0.15, 0.2) is 59.0 Å². The molecule has 0 unspecified atom stereocenters. The van der Waals surface area contributed by atoms with E-state index in [2.05, 4.69) is 5.32 Å². The monoisotopic (exact) mass is 666 g/mol. The third-order valence-corrected chi connectivity index (χ3v) is 8.04. The number of amides is 2. The molecule has 3 aromatic carbocycles. The SMILES string of the molecule is COc1cccc([C@H]2O[C@H](CC(=O)Nc3cc(OC)c4oc(C(=O)O)cc4c3)C(=O)N(CC(C)(C)CO)c3ccc(Cl)cc32)c1OC. The van der Waals surface area contributed by atoms with Crippen molar-refractivity contribution in [2.24, 2.45) is 5.41 Å². The molecule has 248 valence electrons. The van der Waals surface area contributed by atoms with Gasteiger partial charge in [0.05, 0.1) is 27.8 Å². The fourth-order valence-electron chi connectivity index (χ4n) is 5.54. The van der Waals surface area contributed by atoms with Gasteiger partial charge in [-0.05, 0) is 36.4 Å². The van der Waals surface area contributed by atoms with E-state index in [0.717, 1.165) is 0 Å². The van der Waals surface area contributed by atoms with E-state index in [1.807, 2.05) is 13.8 Å². The van der Waals surface area contributed by atoms with Crippen LogP contribution in [0.3, 0.4) is 0 Å². The lowest BCUT2D eigenvalue weighted by atomic mass is 9.92. The molecular weight excluding hydrogens is 632 g/mol. The Morgan fingerprint density at radius 1 is 1.00 bits per heavy atom. The number of nitrogens with one attached hydrogen (secondary N) is 1. The van der Waals surface area contributed by atoms with Crippen molar-refractivity contribution < 1.29 is 48.0 Å². The number of halogens is 1. The number of carboxylic acid groups (broad SMARTS) is 1. The van der Waals surface area contributed by atoms with Crippen LogP contribution in [0, 0.1) is 5.41 Å². The summed E-state index contributed by atoms with van der Waals surface area (Å²) in [6.45, 7) is 3.55. The van der Waals surface area contributed by atoms with Gasteiger partial charge in [-0.2, -0.15) is 0 Å². The predicted octanol–water partition coefficient (Wildman–Crippen LogP) is 5.68. The number of carbonyl (C=O) groups is 3. The second kappa shape index (κ2) is 13.5. The van der Waals surface area contributed by atoms with Gasteiger partial charge >= 0.3 is 5.97 Å². The van der Waals surface area contributed by atoms with Crippen LogP contribution < -0.4 is 24.4 Å². The summed E-state index contributed by atoms with van der Waals surface area (Å²) in [7, 11) is 4.39. The van der Waals surface area contributed by atoms with E-state index < -0.39 is 41.8 Å². The number of carbonyl (C=O) groups excluding carboxylic acids is 2. The lowest BCUT2D eigenvalue weighted by molar-refractivity contribution is -0.136. The fraction of sp³-hybridized carbons (Fsp3) is 0.324. The van der Waals surface area contributed by atoms with Crippen molar-refractivity contribution >= 4 is 51.7 Å². The molecule has 3 N–H and O–H groups in total. The van der Waals surface area contributed by atoms with Crippen LogP contribution >= 0.6 is 11.6 Å². The number of benzene rings is 3. The Balaban J connectivity index is 1.56. The van der Waals surface area contributed by atoms with Crippen molar-refractivity contribution in [1.29, 1.82) is 0 Å². The second-order valence-corrected chi connectivity index (χ2v) is 12.2. The van der Waals surface area contributed by atoms with Gasteiger partial charge < -0.3 is 43.8 Å². The first kappa shape index (κ1) is 33.6. The van der Waals surface area contributed by atoms with E-state index >= 15 is 0 Å². The number of hydrogen-bond acceptors (Lipinski definition) is 9. The molecule has 0 fully saturated rings. The highest BCUT2D eigenvalue weighted by Crippen LogP contribution is 2.45. The average molecular weight is 667 g/mol. The van der Waals surface area contributed by atoms with Gasteiger partial charge in [-0.3, -0.25) is 9.59 Å². The smallest absolute Gasteiger partial charge is 0.371 e. The van der Waals surface area contributed by atoms with Gasteiger partial charge in [0.2, 0.25) is 11.7 Å². The maximum Gasteiger partial charge on any atom is 0.371 e. The van der Waals surface area contributed by atoms with Crippen LogP contribution in [0.5, 0.6) is 17.2 Å². The molecule has 0 bridgehead atoms. The zero-order valence-corrected chi connectivity index (χ0v) is 27.2. The standard InChI is InChI=1S/C34H35ClN2O10/c1-34(2,17-38)16-37-23-10-9-19(35)13-22(23)30(21-7-6-8-24(43-3)31(21)45-5)46-26(32(37)40)15-28(39)36-20-11-18-12-27(33(41)42)47-29(18)25(14-20)44-4/h6-14,26,30,38H,15-17H2,1-5H3,(H,36,39)(H,41,42)/t26-,30-/m1/s1. The molecule has 13 heteroatoms. The lowest BCUT2D eigenvalue weighted by Crippen LogP contribution is -2.46. The Morgan fingerprint density at radius 3 is 2.40 bits per heavy atom. The van der Waals surface area contributed by atoms with Crippen LogP contribution in [0.2, 0.25) is 5.02 Å². The minimum absolute atomic E-state index is 0.112. The zero-order valence-electron chi connectivity index (χ0n) is 26.5. The van der Waals surface area contributed by atoms with Crippen molar-refractivity contribution in [1.82, 2.24) is 0 Å². The summed E-state index contributed by atoms with van der Waals surface area (Å²) in [6, 6.07) is 14.7. The first-order valence-corrected chi connectivity index (χ1v) is 15.0. The maximum absolute atomic E-state index is 14.3. The van der Waals surface area contributed by atoms with Crippen molar-refractivity contribution in [3.63, 3.8) is 0 Å². The molecule has 0 radical (unpaired) electrons. The van der Waals surface area contributed by atoms with Crippen LogP contribution in [-0.4, -0.2) is 68.6 Å². The predicted molar refractivity (Wildman–Crippen MR) is 174 cm³/mol. The van der Waals surface area contributed by atoms with Gasteiger partial charge in [-0.15, -0.1) is 0 Å². The summed E-state index contributed by atoms with van der Waals surface area (Å²) in [6.07, 6.45) is -2.62. The van der Waals surface area contributed by atoms with Gasteiger partial charge in [0.25, 0.3) is 5.91 Å². The Morgan fingerprint density at radius 2 is 1.74 bits per heavy atom. The molecule has 12 nitrogen and oxygen atoms in total. The molecule has 4 aromatic rings. The molecule has 2 amide bonds. The van der Waals surface area contributed by atoms with Gasteiger partial charge in [0.15, 0.2) is 22.8 Å². The number of carboxylic acids is 1. The number of aliphatic hydroxyl groups excluding tert-OH is 1. The number of nitrogens with zero attached hydrogens (tertiary/aromatic N) is 1. The van der Waals surface area contributed by atoms with Gasteiger partial charge in [-0.1, -0.05) is 37.6 Å². The third kappa shape index (κ3) is 6.85. The summed E-state index contributed by atoms with van der Waals surface area (Å²) in [4.78, 5) is 40.9. The molecular formula is C34H35ClN2O10. The van der Waals surface area contributed by atoms with Crippen molar-refractivity contribution in [2.45, 2.75) is 32.5 Å². The van der Waals surface area contributed by atoms with Crippen molar-refractivity contribution in [3.8, 4) is 17.2 Å². The van der Waals surface area contributed by atoms with Gasteiger partial charge in [0, 0.05) is 57.5 Å². The number of anilines is 2.